The molecule has 86 valence electrons. The number of nitrogens with one attached hydrogen (secondary N) is 1. The van der Waals surface area contributed by atoms with E-state index in [-0.39, 0.29) is 11.8 Å². The molecule has 4 heteroatoms. The van der Waals surface area contributed by atoms with Gasteiger partial charge in [-0.1, -0.05) is 6.92 Å². The van der Waals surface area contributed by atoms with Crippen molar-refractivity contribution in [1.82, 2.24) is 10.2 Å². The molecule has 1 unspecified atom stereocenters. The summed E-state index contributed by atoms with van der Waals surface area (Å²) in [5.74, 6) is 0.743. The van der Waals surface area contributed by atoms with E-state index in [9.17, 15) is 9.90 Å². The fourth-order valence-corrected chi connectivity index (χ4v) is 2.51. The van der Waals surface area contributed by atoms with Gasteiger partial charge < -0.3 is 15.3 Å². The van der Waals surface area contributed by atoms with E-state index in [1.165, 1.54) is 0 Å². The van der Waals surface area contributed by atoms with Crippen molar-refractivity contribution in [2.45, 2.75) is 25.9 Å². The summed E-state index contributed by atoms with van der Waals surface area (Å²) < 4.78 is 0. The SMILES string of the molecule is C[C@@H]1CNC[C@H]1C(=O)N1CCC(C)(O)C1. The molecule has 0 bridgehead atoms. The van der Waals surface area contributed by atoms with Gasteiger partial charge in [-0.05, 0) is 25.8 Å². The van der Waals surface area contributed by atoms with Crippen molar-refractivity contribution in [3.05, 3.63) is 0 Å². The highest BCUT2D eigenvalue weighted by atomic mass is 16.3. The minimum Gasteiger partial charge on any atom is -0.388 e. The van der Waals surface area contributed by atoms with Crippen LogP contribution in [0.2, 0.25) is 0 Å². The minimum atomic E-state index is -0.676. The van der Waals surface area contributed by atoms with Gasteiger partial charge in [0.1, 0.15) is 0 Å². The Bertz CT molecular complexity index is 265. The lowest BCUT2D eigenvalue weighted by atomic mass is 9.97. The van der Waals surface area contributed by atoms with Gasteiger partial charge in [0.15, 0.2) is 0 Å². The molecule has 0 radical (unpaired) electrons. The van der Waals surface area contributed by atoms with E-state index in [2.05, 4.69) is 12.2 Å². The van der Waals surface area contributed by atoms with Crippen molar-refractivity contribution in [2.75, 3.05) is 26.2 Å². The van der Waals surface area contributed by atoms with Gasteiger partial charge in [0.05, 0.1) is 11.5 Å². The molecule has 2 fully saturated rings. The standard InChI is InChI=1S/C11H20N2O2/c1-8-5-12-6-9(8)10(14)13-4-3-11(2,15)7-13/h8-9,12,15H,3-7H2,1-2H3/t8-,9-,11?/m1/s1. The summed E-state index contributed by atoms with van der Waals surface area (Å²) in [5.41, 5.74) is -0.676. The molecule has 0 aromatic carbocycles. The molecule has 2 aliphatic heterocycles. The minimum absolute atomic E-state index is 0.110. The van der Waals surface area contributed by atoms with Crippen LogP contribution < -0.4 is 5.32 Å². The highest BCUT2D eigenvalue weighted by molar-refractivity contribution is 5.80. The third kappa shape index (κ3) is 2.16. The van der Waals surface area contributed by atoms with Crippen LogP contribution in [0.5, 0.6) is 0 Å². The quantitative estimate of drug-likeness (QED) is 0.634. The summed E-state index contributed by atoms with van der Waals surface area (Å²) in [4.78, 5) is 13.9. The predicted molar refractivity (Wildman–Crippen MR) is 57.3 cm³/mol. The maximum Gasteiger partial charge on any atom is 0.227 e. The monoisotopic (exact) mass is 212 g/mol. The molecule has 1 amide bonds. The number of amides is 1. The predicted octanol–water partition coefficient (Wildman–Crippen LogP) is -0.175. The zero-order valence-corrected chi connectivity index (χ0v) is 9.49. The molecule has 0 saturated carbocycles. The fraction of sp³-hybridized carbons (Fsp3) is 0.909. The number of hydrogen-bond donors (Lipinski definition) is 2. The first-order valence-electron chi connectivity index (χ1n) is 5.71. The lowest BCUT2D eigenvalue weighted by molar-refractivity contribution is -0.135. The Morgan fingerprint density at radius 3 is 2.73 bits per heavy atom. The third-order valence-corrected chi connectivity index (χ3v) is 3.60. The van der Waals surface area contributed by atoms with E-state index in [0.29, 0.717) is 25.4 Å². The van der Waals surface area contributed by atoms with Crippen LogP contribution in [-0.2, 0) is 4.79 Å². The van der Waals surface area contributed by atoms with Gasteiger partial charge in [-0.3, -0.25) is 4.79 Å². The van der Waals surface area contributed by atoms with E-state index in [0.717, 1.165) is 13.1 Å². The number of likely N-dealkylation sites (tertiary alicyclic amines) is 1. The first kappa shape index (κ1) is 10.9. The Hall–Kier alpha value is -0.610. The molecule has 0 aliphatic carbocycles. The Morgan fingerprint density at radius 2 is 2.27 bits per heavy atom. The van der Waals surface area contributed by atoms with Gasteiger partial charge in [0, 0.05) is 19.6 Å². The smallest absolute Gasteiger partial charge is 0.227 e. The Labute approximate surface area is 90.6 Å². The molecule has 2 rings (SSSR count). The second-order valence-electron chi connectivity index (χ2n) is 5.25. The lowest BCUT2D eigenvalue weighted by Crippen LogP contribution is -2.39. The molecule has 0 spiro atoms. The Kier molecular flexibility index (Phi) is 2.73. The second-order valence-corrected chi connectivity index (χ2v) is 5.25. The van der Waals surface area contributed by atoms with Crippen LogP contribution >= 0.6 is 0 Å². The van der Waals surface area contributed by atoms with Gasteiger partial charge in [-0.25, -0.2) is 0 Å². The number of β-amino-alcohol motifs (C(OH)–C–C–N with tert-alkyl or cyclic N) is 1. The van der Waals surface area contributed by atoms with E-state index in [4.69, 9.17) is 0 Å². The fourth-order valence-electron chi connectivity index (χ4n) is 2.51. The number of carbonyl (C=O) groups excluding carboxylic acids is 1. The van der Waals surface area contributed by atoms with Crippen LogP contribution in [0.3, 0.4) is 0 Å². The summed E-state index contributed by atoms with van der Waals surface area (Å²) in [6, 6.07) is 0. The number of rotatable bonds is 1. The van der Waals surface area contributed by atoms with Gasteiger partial charge >= 0.3 is 0 Å². The van der Waals surface area contributed by atoms with Crippen molar-refractivity contribution in [2.24, 2.45) is 11.8 Å². The zero-order valence-electron chi connectivity index (χ0n) is 9.49. The summed E-state index contributed by atoms with van der Waals surface area (Å²) in [7, 11) is 0. The van der Waals surface area contributed by atoms with E-state index in [1.54, 1.807) is 6.92 Å². The summed E-state index contributed by atoms with van der Waals surface area (Å²) in [6.07, 6.45) is 0.702. The van der Waals surface area contributed by atoms with Gasteiger partial charge in [-0.2, -0.15) is 0 Å². The van der Waals surface area contributed by atoms with Gasteiger partial charge in [-0.15, -0.1) is 0 Å². The average molecular weight is 212 g/mol. The lowest BCUT2D eigenvalue weighted by Gasteiger charge is -2.23. The topological polar surface area (TPSA) is 52.6 Å². The summed E-state index contributed by atoms with van der Waals surface area (Å²) in [6.45, 7) is 6.83. The molecule has 0 aromatic rings. The summed E-state index contributed by atoms with van der Waals surface area (Å²) in [5, 5.41) is 13.1. The summed E-state index contributed by atoms with van der Waals surface area (Å²) >= 11 is 0. The molecule has 2 saturated heterocycles. The van der Waals surface area contributed by atoms with Crippen LogP contribution in [0.1, 0.15) is 20.3 Å². The second kappa shape index (κ2) is 3.76. The highest BCUT2D eigenvalue weighted by Gasteiger charge is 2.39. The Balaban J connectivity index is 1.97. The third-order valence-electron chi connectivity index (χ3n) is 3.60. The number of carbonyl (C=O) groups is 1. The van der Waals surface area contributed by atoms with Crippen molar-refractivity contribution in [1.29, 1.82) is 0 Å². The normalized spacial score (nSPS) is 41.1. The van der Waals surface area contributed by atoms with Crippen LogP contribution in [0.25, 0.3) is 0 Å². The van der Waals surface area contributed by atoms with Crippen molar-refractivity contribution >= 4 is 5.91 Å². The van der Waals surface area contributed by atoms with E-state index < -0.39 is 5.60 Å². The molecular weight excluding hydrogens is 192 g/mol. The molecule has 2 N–H and O–H groups in total. The Morgan fingerprint density at radius 1 is 1.53 bits per heavy atom. The number of nitrogens with zero attached hydrogens (tertiary/aromatic N) is 1. The molecule has 2 aliphatic rings. The average Bonchev–Trinajstić information content (AvgIpc) is 2.71. The van der Waals surface area contributed by atoms with Crippen molar-refractivity contribution < 1.29 is 9.90 Å². The maximum absolute atomic E-state index is 12.1. The van der Waals surface area contributed by atoms with E-state index >= 15 is 0 Å². The molecule has 15 heavy (non-hydrogen) atoms. The first-order valence-corrected chi connectivity index (χ1v) is 5.71. The van der Waals surface area contributed by atoms with Crippen molar-refractivity contribution in [3.8, 4) is 0 Å². The van der Waals surface area contributed by atoms with Crippen LogP contribution in [0.4, 0.5) is 0 Å². The number of hydrogen-bond acceptors (Lipinski definition) is 3. The van der Waals surface area contributed by atoms with E-state index in [1.807, 2.05) is 4.90 Å². The van der Waals surface area contributed by atoms with Gasteiger partial charge in [0.2, 0.25) is 5.91 Å². The zero-order chi connectivity index (χ0) is 11.1. The largest absolute Gasteiger partial charge is 0.388 e. The molecule has 2 heterocycles. The first-order chi connectivity index (χ1) is 6.99. The molecule has 4 nitrogen and oxygen atoms in total. The van der Waals surface area contributed by atoms with Crippen LogP contribution in [0.15, 0.2) is 0 Å². The number of aliphatic hydroxyl groups is 1. The van der Waals surface area contributed by atoms with Crippen LogP contribution in [-0.4, -0.2) is 47.7 Å². The van der Waals surface area contributed by atoms with Crippen LogP contribution in [0, 0.1) is 11.8 Å². The maximum atomic E-state index is 12.1. The molecule has 3 atom stereocenters. The van der Waals surface area contributed by atoms with Crippen molar-refractivity contribution in [3.63, 3.8) is 0 Å². The highest BCUT2D eigenvalue weighted by Crippen LogP contribution is 2.25. The molecule has 0 aromatic heterocycles. The van der Waals surface area contributed by atoms with Gasteiger partial charge in [0.25, 0.3) is 0 Å². The molecular formula is C11H20N2O2.